The van der Waals surface area contributed by atoms with E-state index in [1.807, 2.05) is 73.3 Å². The number of H-pyrrole nitrogens is 2. The number of aromatic nitrogens is 5. The minimum atomic E-state index is -2.61. The Bertz CT molecular complexity index is 5920. The van der Waals surface area contributed by atoms with E-state index in [0.29, 0.717) is 140 Å². The Morgan fingerprint density at radius 2 is 1.47 bits per heavy atom. The Hall–Kier alpha value is -11.3. The molecule has 5 aromatic carbocycles. The van der Waals surface area contributed by atoms with E-state index in [4.69, 9.17) is 14.2 Å². The van der Waals surface area contributed by atoms with Gasteiger partial charge in [-0.1, -0.05) is 109 Å². The van der Waals surface area contributed by atoms with Crippen LogP contribution in [0.25, 0.3) is 33.2 Å². The molecule has 15 rings (SSSR count). The summed E-state index contributed by atoms with van der Waals surface area (Å²) in [6.45, 7) is 11.4. The highest BCUT2D eigenvalue weighted by Gasteiger charge is 2.79. The number of aliphatic hydroxyl groups is 3. The molecule has 1 spiro atoms. The van der Waals surface area contributed by atoms with E-state index in [-0.39, 0.29) is 112 Å². The average Bonchev–Trinajstić information content (AvgIpc) is 1.48. The predicted molar refractivity (Wildman–Crippen MR) is 521 cm³/mol. The first-order valence-corrected chi connectivity index (χ1v) is 50.9. The van der Waals surface area contributed by atoms with Gasteiger partial charge in [-0.15, -0.1) is 0 Å². The highest BCUT2D eigenvalue weighted by molar-refractivity contribution is 8.76. The number of hydrazine groups is 1. The number of likely N-dealkylation sites (N-methyl/N-ethyl adjacent to an activating group) is 1. The Labute approximate surface area is 806 Å². The number of ketones is 3. The third-order valence-electron chi connectivity index (χ3n) is 29.2. The number of carboxylic acids is 1. The number of para-hydroxylation sites is 1. The fourth-order valence-corrected chi connectivity index (χ4v) is 25.7. The largest absolute Gasteiger partial charge is 0.496 e. The number of aliphatic carboxylic acids is 1. The maximum atomic E-state index is 15.7. The van der Waals surface area contributed by atoms with Crippen molar-refractivity contribution in [3.8, 4) is 16.9 Å². The first-order chi connectivity index (χ1) is 65.8. The van der Waals surface area contributed by atoms with Crippen LogP contribution in [0.1, 0.15) is 185 Å². The summed E-state index contributed by atoms with van der Waals surface area (Å²) in [5, 5.41) is 64.3. The molecular weight excluding hydrogens is 1810 g/mol. The number of aromatic amines is 2. The number of aliphatic hydroxyl groups excluding tert-OH is 1. The number of amides is 6. The number of thioether (sulfide) groups is 1. The number of fused-ring (bicyclic) bond motifs is 10. The Balaban J connectivity index is 0.545. The highest BCUT2D eigenvalue weighted by atomic mass is 33.1. The number of aryl methyl sites for hydroxylation is 1. The van der Waals surface area contributed by atoms with Gasteiger partial charge in [-0.25, -0.2) is 25.2 Å². The molecule has 2 aliphatic carbocycles. The van der Waals surface area contributed by atoms with Crippen molar-refractivity contribution < 1.29 is 87.4 Å². The molecule has 8 aromatic rings. The molecule has 8 heterocycles. The van der Waals surface area contributed by atoms with Gasteiger partial charge in [0.2, 0.25) is 17.7 Å². The third kappa shape index (κ3) is 20.6. The standard InChI is InChI=1S/C100H123N15O19S3/c1-9-96(130)49-60-50-99(94(128)133-8,84-71(32-38-114(54-60)56-96)70-25-15-16-26-75(70)109-84)74-47-73-77(48-80(74)132-7)113(6)91-98(73)35-39-115-37-19-34-97(10-2,90(98)115)92(126)100(91,131)93(127)111-112-95(129)134-40-43-137-136-41-18-27-78(117)76(53-103-81(119)33-42-135-55-72-68-23-13-11-21-66(68)67-22-12-14-24-69(67)72)110-88(124)62(46-82(120)121)45-79(118)58(4)105-86(122)57(3)44-65(116)20-17-36-101-87(123)61-28-30-63(31-29-61)102-51-64-52-104-85-83(108-64)89(125)107-59(5)106-85/h11-16,21-26,28-31,47-48,52,57-58,60,62,72,76,90-92,102,109,126,130-131H,9-10,17-20,27,32-46,49-51,53-56H2,1-8H3,(H,101,123)(H,103,119)(H,105,122)(H,110,124)(H,111,127)(H,112,129)(H,120,121)(H,104,106,107,125)/t57-,58+,60-,62+,76+,90+,91-,92-,96+,97-,98-,99+,100+/m1/s1. The number of benzene rings is 5. The molecule has 730 valence electrons. The summed E-state index contributed by atoms with van der Waals surface area (Å²) in [6, 6.07) is 30.8. The molecule has 14 atom stereocenters. The second-order valence-electron chi connectivity index (χ2n) is 37.6. The van der Waals surface area contributed by atoms with Crippen molar-refractivity contribution in [1.82, 2.24) is 66.8 Å². The monoisotopic (exact) mass is 1930 g/mol. The average molecular weight is 1940 g/mol. The minimum absolute atomic E-state index is 0.0265. The zero-order valence-corrected chi connectivity index (χ0v) is 80.9. The van der Waals surface area contributed by atoms with Gasteiger partial charge >= 0.3 is 18.0 Å². The number of esters is 1. The van der Waals surface area contributed by atoms with E-state index in [1.54, 1.807) is 57.1 Å². The Morgan fingerprint density at radius 1 is 0.737 bits per heavy atom. The lowest BCUT2D eigenvalue weighted by Crippen LogP contribution is -2.82. The van der Waals surface area contributed by atoms with Crippen molar-refractivity contribution in [2.75, 3.05) is 107 Å². The molecule has 1 saturated carbocycles. The van der Waals surface area contributed by atoms with E-state index >= 15 is 9.59 Å². The summed E-state index contributed by atoms with van der Waals surface area (Å²) >= 11 is 1.60. The van der Waals surface area contributed by atoms with Crippen LogP contribution in [0.3, 0.4) is 0 Å². The Kier molecular flexibility index (Phi) is 31.4. The number of hydrogen-bond acceptors (Lipinski definition) is 28. The van der Waals surface area contributed by atoms with Crippen molar-refractivity contribution in [2.45, 2.75) is 202 Å². The molecule has 0 radical (unpaired) electrons. The molecule has 5 aliphatic heterocycles. The molecular formula is C100H123N15O19S3. The van der Waals surface area contributed by atoms with Gasteiger partial charge in [0, 0.05) is 169 Å². The van der Waals surface area contributed by atoms with Gasteiger partial charge < -0.3 is 76.1 Å². The van der Waals surface area contributed by atoms with Gasteiger partial charge in [0.25, 0.3) is 17.4 Å². The van der Waals surface area contributed by atoms with E-state index in [1.165, 1.54) is 71.0 Å². The molecule has 4 fully saturated rings. The number of hydrogen-bond donors (Lipinski definition) is 13. The van der Waals surface area contributed by atoms with Gasteiger partial charge in [-0.2, -0.15) is 11.8 Å². The zero-order valence-electron chi connectivity index (χ0n) is 78.5. The second kappa shape index (κ2) is 43.0. The van der Waals surface area contributed by atoms with Crippen molar-refractivity contribution in [1.29, 1.82) is 0 Å². The topological polar surface area (TPSA) is 478 Å². The van der Waals surface area contributed by atoms with Crippen LogP contribution < -0.4 is 52.6 Å². The van der Waals surface area contributed by atoms with Crippen LogP contribution in [0.4, 0.5) is 16.2 Å². The number of anilines is 2. The van der Waals surface area contributed by atoms with E-state index in [0.717, 1.165) is 22.0 Å². The van der Waals surface area contributed by atoms with Gasteiger partial charge in [0.1, 0.15) is 41.5 Å². The number of Topliss-reactive ketones (excluding diaryl/α,β-unsaturated/α-hetero) is 3. The van der Waals surface area contributed by atoms with Gasteiger partial charge in [0.15, 0.2) is 28.3 Å². The normalized spacial score (nSPS) is 23.7. The molecule has 34 nitrogen and oxygen atoms in total. The summed E-state index contributed by atoms with van der Waals surface area (Å²) in [6.07, 6.45) is 1.29. The van der Waals surface area contributed by atoms with Crippen molar-refractivity contribution in [2.24, 2.45) is 23.2 Å². The number of carboxylic acid groups (broad SMARTS) is 1. The molecule has 3 aromatic heterocycles. The molecule has 2 bridgehead atoms. The van der Waals surface area contributed by atoms with Crippen LogP contribution in [-0.2, 0) is 76.4 Å². The summed E-state index contributed by atoms with van der Waals surface area (Å²) in [5.41, 5.74) is 8.10. The number of carbonyl (C=O) groups excluding carboxylic acids is 10. The molecule has 6 amide bonds. The molecule has 1 unspecified atom stereocenters. The fourth-order valence-electron chi connectivity index (χ4n) is 22.7. The summed E-state index contributed by atoms with van der Waals surface area (Å²) < 4.78 is 18.1. The lowest BCUT2D eigenvalue weighted by Gasteiger charge is -2.64. The van der Waals surface area contributed by atoms with Crippen molar-refractivity contribution in [3.05, 3.63) is 176 Å². The maximum absolute atomic E-state index is 15.7. The summed E-state index contributed by atoms with van der Waals surface area (Å²) in [7, 11) is 7.39. The predicted octanol–water partition coefficient (Wildman–Crippen LogP) is 8.80. The van der Waals surface area contributed by atoms with Crippen molar-refractivity contribution >= 4 is 132 Å². The molecule has 137 heavy (non-hydrogen) atoms. The quantitative estimate of drug-likeness (QED) is 0.00736. The number of rotatable bonds is 41. The van der Waals surface area contributed by atoms with Crippen LogP contribution in [0.5, 0.6) is 5.75 Å². The number of methoxy groups -OCH3 is 2. The SMILES string of the molecule is CC[C@]1(O)C[C@H]2CN(CCc3c([nH]c4ccccc34)[C@@](C(=O)OC)(c3cc4c(cc3OC)N(C)[C@H]3[C@@](O)(C(=O)NNC(=O)OCCSSCCCC(=O)[C@H](CNC(=O)CCSCC5c6ccccc6-c6ccccc65)NC(=O)[C@H](CC(=O)O)CC(=O)[C@H](C)NC(=O)[C@H](C)CC(=O)CCCNC(=O)c5ccc(NCc6cnc7nc(C)[nH]c(=O)c7n6)cc5)[C@H](O)[C@]5(CC)CCCN6CC[C@]43[C@@H]65)C2)C1. The molecule has 13 N–H and O–H groups in total. The number of nitrogens with zero attached hydrogens (tertiary/aromatic N) is 6. The number of carbonyl (C=O) groups is 11. The molecule has 37 heteroatoms. The first-order valence-electron chi connectivity index (χ1n) is 47.3. The van der Waals surface area contributed by atoms with Crippen LogP contribution in [0, 0.1) is 30.1 Å². The summed E-state index contributed by atoms with van der Waals surface area (Å²) in [4.78, 5) is 191. The van der Waals surface area contributed by atoms with Gasteiger partial charge in [-0.3, -0.25) is 68.0 Å². The van der Waals surface area contributed by atoms with Gasteiger partial charge in [-0.05, 0) is 167 Å². The zero-order chi connectivity index (χ0) is 97.4. The molecule has 7 aliphatic rings. The minimum Gasteiger partial charge on any atom is -0.496 e. The smallest absolute Gasteiger partial charge is 0.426 e. The number of nitrogens with one attached hydrogen (secondary N) is 9. The lowest BCUT2D eigenvalue weighted by atomic mass is 9.46. The Morgan fingerprint density at radius 3 is 2.20 bits per heavy atom. The van der Waals surface area contributed by atoms with Crippen LogP contribution in [0.2, 0.25) is 0 Å². The van der Waals surface area contributed by atoms with Crippen LogP contribution in [-0.4, -0.2) is 258 Å². The number of ether oxygens (including phenoxy) is 3. The van der Waals surface area contributed by atoms with Crippen LogP contribution >= 0.6 is 33.3 Å². The van der Waals surface area contributed by atoms with Gasteiger partial charge in [0.05, 0.1) is 62.7 Å². The van der Waals surface area contributed by atoms with E-state index in [2.05, 4.69) is 102 Å². The lowest BCUT2D eigenvalue weighted by molar-refractivity contribution is -0.222. The number of piperidine rings is 2. The molecule has 3 saturated heterocycles. The van der Waals surface area contributed by atoms with Crippen LogP contribution in [0.15, 0.2) is 120 Å². The highest BCUT2D eigenvalue weighted by Crippen LogP contribution is 2.69. The van der Waals surface area contributed by atoms with E-state index < -0.39 is 141 Å². The third-order valence-corrected chi connectivity index (χ3v) is 32.7. The second-order valence-corrected chi connectivity index (χ2v) is 41.5. The first kappa shape index (κ1) is 100. The fraction of sp³-hybridized carbons (Fsp3) is 0.510. The van der Waals surface area contributed by atoms with Crippen molar-refractivity contribution in [3.63, 3.8) is 0 Å². The van der Waals surface area contributed by atoms with E-state index in [9.17, 15) is 68.4 Å². The maximum Gasteiger partial charge on any atom is 0.426 e. The summed E-state index contributed by atoms with van der Waals surface area (Å²) in [5.74, 6) is -6.89.